The number of aliphatic hydroxyl groups excluding tert-OH is 1. The number of esters is 1. The first-order valence-corrected chi connectivity index (χ1v) is 25.5. The van der Waals surface area contributed by atoms with Crippen LogP contribution in [-0.2, 0) is 47.6 Å². The molecule has 0 aromatic carbocycles. The molecule has 2 saturated heterocycles. The van der Waals surface area contributed by atoms with Crippen molar-refractivity contribution in [3.63, 3.8) is 0 Å². The summed E-state index contributed by atoms with van der Waals surface area (Å²) in [5.41, 5.74) is 10.6. The number of carbonyl (C=O) groups is 4. The number of Topliss-reactive ketones (excluding diaryl/α,β-unsaturated/α-hetero) is 2. The number of hydrogen-bond donors (Lipinski definition) is 2. The lowest BCUT2D eigenvalue weighted by atomic mass is 9.77. The van der Waals surface area contributed by atoms with Crippen LogP contribution in [0, 0.1) is 35.5 Å². The van der Waals surface area contributed by atoms with Gasteiger partial charge in [-0.05, 0) is 119 Å². The molecule has 3 heterocycles. The topological polar surface area (TPSA) is 216 Å². The van der Waals surface area contributed by atoms with E-state index in [-0.39, 0.29) is 61.0 Å². The van der Waals surface area contributed by atoms with Gasteiger partial charge in [0.15, 0.2) is 5.78 Å². The predicted octanol–water partition coefficient (Wildman–Crippen LogP) is 8.33. The Kier molecular flexibility index (Phi) is 23.3. The molecule has 16 atom stereocenters. The van der Waals surface area contributed by atoms with Crippen LogP contribution in [0.3, 0.4) is 0 Å². The van der Waals surface area contributed by atoms with E-state index in [9.17, 15) is 34.9 Å². The van der Waals surface area contributed by atoms with Gasteiger partial charge < -0.3 is 43.5 Å². The molecular weight excluding hydrogens is 885 g/mol. The number of nitrogens with zero attached hydrogens (tertiary/aromatic N) is 4. The third kappa shape index (κ3) is 15.6. The molecule has 0 aromatic rings. The molecule has 0 aromatic heterocycles. The molecule has 4 aliphatic rings. The van der Waals surface area contributed by atoms with E-state index in [1.165, 1.54) is 12.0 Å². The van der Waals surface area contributed by atoms with Crippen molar-refractivity contribution in [1.82, 2.24) is 4.90 Å². The van der Waals surface area contributed by atoms with Gasteiger partial charge in [0, 0.05) is 70.0 Å². The molecule has 0 radical (unpaired) electrons. The average molecular weight is 969 g/mol. The maximum absolute atomic E-state index is 14.6. The fourth-order valence-corrected chi connectivity index (χ4v) is 10.9. The Morgan fingerprint density at radius 2 is 1.64 bits per heavy atom. The minimum absolute atomic E-state index is 0.0400. The number of amides is 1. The lowest BCUT2D eigenvalue weighted by Crippen LogP contribution is -2.61. The molecule has 3 aliphatic heterocycles. The summed E-state index contributed by atoms with van der Waals surface area (Å²) in [6.45, 7) is 15.6. The second-order valence-electron chi connectivity index (χ2n) is 20.4. The van der Waals surface area contributed by atoms with Gasteiger partial charge in [-0.2, -0.15) is 0 Å². The molecule has 3 fully saturated rings. The molecule has 0 unspecified atom stereocenters. The van der Waals surface area contributed by atoms with Gasteiger partial charge in [-0.25, -0.2) is 4.79 Å². The Bertz CT molecular complexity index is 1880. The number of piperidine rings is 1. The highest BCUT2D eigenvalue weighted by Crippen LogP contribution is 2.38. The summed E-state index contributed by atoms with van der Waals surface area (Å²) < 4.78 is 36.4. The first-order chi connectivity index (χ1) is 32.8. The van der Waals surface area contributed by atoms with Crippen LogP contribution in [0.1, 0.15) is 132 Å². The Hall–Kier alpha value is -3.73. The third-order valence-corrected chi connectivity index (χ3v) is 15.2. The Balaban J connectivity index is 1.75. The Labute approximate surface area is 411 Å². The highest BCUT2D eigenvalue weighted by atomic mass is 16.6. The van der Waals surface area contributed by atoms with E-state index >= 15 is 0 Å². The number of hydrogen-bond acceptors (Lipinski definition) is 13. The van der Waals surface area contributed by atoms with E-state index in [1.54, 1.807) is 28.1 Å². The molecule has 16 nitrogen and oxygen atoms in total. The smallest absolute Gasteiger partial charge is 0.329 e. The van der Waals surface area contributed by atoms with Gasteiger partial charge in [0.05, 0.1) is 30.5 Å². The van der Waals surface area contributed by atoms with Crippen LogP contribution < -0.4 is 0 Å². The number of rotatable bonds is 9. The van der Waals surface area contributed by atoms with E-state index in [4.69, 9.17) is 28.4 Å². The van der Waals surface area contributed by atoms with Crippen molar-refractivity contribution in [3.05, 3.63) is 58.0 Å². The van der Waals surface area contributed by atoms with Crippen LogP contribution in [0.5, 0.6) is 0 Å². The van der Waals surface area contributed by atoms with Crippen molar-refractivity contribution in [3.8, 4) is 0 Å². The molecule has 2 bridgehead atoms. The first-order valence-electron chi connectivity index (χ1n) is 25.5. The standard InChI is InChI=1S/C53H84N4O12/c1-12-67-44-31-45(35(5)28-39-22-24-41(55-56-54)46(29-39)65-10)68-52(62)42-20-16-17-25-57(42)51(61)50(60)53(63)38(8)21-23-40(69-53)30-43(64-9)33(3)19-15-13-14-18-32(2)26-36(6)47(58)49(66-11)48(59)37(7)27-34(44)4/h13-15,18-19,27,32,34-36,38-46,48-49,59,63H,12,16-17,20-26,28-31H2,1-11H3/b15-13+,18-14+,33-19+,37-27+/t32-,34-,35-,36-,38-,39+,40+,41+,42+,43+,44-,45+,46-,48-,49+,53-/m1/s1. The van der Waals surface area contributed by atoms with Crippen molar-refractivity contribution in [2.24, 2.45) is 40.6 Å². The predicted molar refractivity (Wildman–Crippen MR) is 262 cm³/mol. The molecule has 0 spiro atoms. The van der Waals surface area contributed by atoms with Crippen LogP contribution in [-0.4, -0.2) is 134 Å². The second-order valence-corrected chi connectivity index (χ2v) is 20.4. The summed E-state index contributed by atoms with van der Waals surface area (Å²) in [5, 5.41) is 27.7. The molecule has 4 rings (SSSR count). The number of azide groups is 1. The monoisotopic (exact) mass is 969 g/mol. The SMILES string of the molecule is CCO[C@@H]1C[C@@H]([C@H](C)C[C@@H]2CC[C@H](N=[N+]=[N-])[C@H](OC)C2)OC(=O)[C@@H]2CCCCN2C(=O)C(=O)[C@]2(O)O[C@@H](CC[C@H]2C)C[C@H](OC)/C(C)=C/C=C/C=C/[C@@H](C)C[C@@H](C)C(=O)[C@H](OC)[C@H](O)/C(C)=C/[C@H]1C. The molecule has 1 amide bonds. The number of aliphatic hydroxyl groups is 2. The molecular formula is C53H84N4O12. The molecule has 388 valence electrons. The van der Waals surface area contributed by atoms with Gasteiger partial charge in [0.1, 0.15) is 24.4 Å². The maximum Gasteiger partial charge on any atom is 0.329 e. The summed E-state index contributed by atoms with van der Waals surface area (Å²) in [5.74, 6) is -6.80. The summed E-state index contributed by atoms with van der Waals surface area (Å²) in [6.07, 6.45) is 13.0. The number of cyclic esters (lactones) is 1. The van der Waals surface area contributed by atoms with Crippen LogP contribution in [0.15, 0.2) is 52.7 Å². The summed E-state index contributed by atoms with van der Waals surface area (Å²) >= 11 is 0. The number of allylic oxidation sites excluding steroid dienone is 5. The average Bonchev–Trinajstić information content (AvgIpc) is 3.33. The van der Waals surface area contributed by atoms with E-state index in [1.807, 2.05) is 78.0 Å². The van der Waals surface area contributed by atoms with Gasteiger partial charge >= 0.3 is 5.97 Å². The van der Waals surface area contributed by atoms with Gasteiger partial charge in [0.25, 0.3) is 11.7 Å². The van der Waals surface area contributed by atoms with Crippen LogP contribution in [0.25, 0.3) is 10.4 Å². The van der Waals surface area contributed by atoms with Gasteiger partial charge in [0.2, 0.25) is 5.79 Å². The number of ether oxygens (including phenoxy) is 6. The normalized spacial score (nSPS) is 39.6. The fraction of sp³-hybridized carbons (Fsp3) is 0.774. The minimum atomic E-state index is -2.41. The zero-order valence-corrected chi connectivity index (χ0v) is 43.3. The molecule has 2 N–H and O–H groups in total. The van der Waals surface area contributed by atoms with Crippen LogP contribution in [0.2, 0.25) is 0 Å². The fourth-order valence-electron chi connectivity index (χ4n) is 10.9. The van der Waals surface area contributed by atoms with E-state index in [0.29, 0.717) is 70.0 Å². The highest BCUT2D eigenvalue weighted by molar-refractivity contribution is 6.39. The van der Waals surface area contributed by atoms with Gasteiger partial charge in [-0.1, -0.05) is 76.2 Å². The van der Waals surface area contributed by atoms with Crippen molar-refractivity contribution in [2.75, 3.05) is 34.5 Å². The van der Waals surface area contributed by atoms with E-state index in [2.05, 4.69) is 10.0 Å². The first kappa shape index (κ1) is 57.8. The zero-order valence-electron chi connectivity index (χ0n) is 43.3. The maximum atomic E-state index is 14.6. The molecule has 16 heteroatoms. The second kappa shape index (κ2) is 27.8. The van der Waals surface area contributed by atoms with Crippen LogP contribution >= 0.6 is 0 Å². The van der Waals surface area contributed by atoms with Crippen molar-refractivity contribution >= 4 is 23.4 Å². The minimum Gasteiger partial charge on any atom is -0.460 e. The number of ketones is 2. The largest absolute Gasteiger partial charge is 0.460 e. The summed E-state index contributed by atoms with van der Waals surface area (Å²) in [6, 6.07) is -1.36. The number of carbonyl (C=O) groups excluding carboxylic acids is 4. The summed E-state index contributed by atoms with van der Waals surface area (Å²) in [7, 11) is 4.63. The zero-order chi connectivity index (χ0) is 51.0. The van der Waals surface area contributed by atoms with Crippen molar-refractivity contribution in [1.29, 1.82) is 0 Å². The molecule has 1 aliphatic carbocycles. The van der Waals surface area contributed by atoms with Crippen LogP contribution in [0.4, 0.5) is 0 Å². The Morgan fingerprint density at radius 3 is 2.30 bits per heavy atom. The lowest BCUT2D eigenvalue weighted by molar-refractivity contribution is -0.265. The molecule has 1 saturated carbocycles. The Morgan fingerprint density at radius 1 is 0.899 bits per heavy atom. The van der Waals surface area contributed by atoms with Crippen molar-refractivity contribution < 1.29 is 57.8 Å². The highest BCUT2D eigenvalue weighted by Gasteiger charge is 2.53. The van der Waals surface area contributed by atoms with E-state index in [0.717, 1.165) is 12.0 Å². The molecule has 69 heavy (non-hydrogen) atoms. The quantitative estimate of drug-likeness (QED) is 0.0557. The lowest BCUT2D eigenvalue weighted by Gasteiger charge is -2.43. The third-order valence-electron chi connectivity index (χ3n) is 15.2. The number of fused-ring (bicyclic) bond motifs is 3. The van der Waals surface area contributed by atoms with Gasteiger partial charge in [-0.15, -0.1) is 0 Å². The number of methoxy groups -OCH3 is 3. The van der Waals surface area contributed by atoms with Crippen molar-refractivity contribution in [2.45, 2.75) is 193 Å². The van der Waals surface area contributed by atoms with E-state index < -0.39 is 77.9 Å². The van der Waals surface area contributed by atoms with Gasteiger partial charge in [-0.3, -0.25) is 14.4 Å². The summed E-state index contributed by atoms with van der Waals surface area (Å²) in [4.78, 5) is 61.5.